The van der Waals surface area contributed by atoms with Gasteiger partial charge in [0.05, 0.1) is 11.5 Å². The molecule has 0 radical (unpaired) electrons. The number of hydrogen-bond acceptors (Lipinski definition) is 4. The fourth-order valence-corrected chi connectivity index (χ4v) is 4.06. The van der Waals surface area contributed by atoms with Crippen LogP contribution in [-0.4, -0.2) is 39.0 Å². The van der Waals surface area contributed by atoms with Crippen LogP contribution in [0.3, 0.4) is 0 Å². The summed E-state index contributed by atoms with van der Waals surface area (Å²) < 4.78 is 32.4. The van der Waals surface area contributed by atoms with Gasteiger partial charge in [0, 0.05) is 13.1 Å². The summed E-state index contributed by atoms with van der Waals surface area (Å²) in [7, 11) is -3.45. The fourth-order valence-electron chi connectivity index (χ4n) is 2.47. The molecule has 1 aliphatic rings. The second-order valence-electron chi connectivity index (χ2n) is 6.78. The van der Waals surface area contributed by atoms with Gasteiger partial charge in [-0.05, 0) is 48.6 Å². The number of nitrogens with two attached hydrogens (primary N) is 1. The van der Waals surface area contributed by atoms with Crippen molar-refractivity contribution in [2.75, 3.05) is 26.2 Å². The van der Waals surface area contributed by atoms with Gasteiger partial charge in [0.1, 0.15) is 5.75 Å². The van der Waals surface area contributed by atoms with Crippen molar-refractivity contribution in [3.63, 3.8) is 0 Å². The van der Waals surface area contributed by atoms with E-state index < -0.39 is 10.0 Å². The Balaban J connectivity index is 0.00000264. The van der Waals surface area contributed by atoms with E-state index in [0.29, 0.717) is 42.8 Å². The maximum atomic E-state index is 12.7. The van der Waals surface area contributed by atoms with Crippen LogP contribution in [-0.2, 0) is 10.0 Å². The summed E-state index contributed by atoms with van der Waals surface area (Å²) in [6, 6.07) is 6.66. The molecule has 0 spiro atoms. The summed E-state index contributed by atoms with van der Waals surface area (Å²) in [6.07, 6.45) is 0.804. The van der Waals surface area contributed by atoms with E-state index in [1.807, 2.05) is 6.92 Å². The largest absolute Gasteiger partial charge is 0.493 e. The van der Waals surface area contributed by atoms with Crippen LogP contribution < -0.4 is 10.5 Å². The molecule has 0 aliphatic carbocycles. The minimum atomic E-state index is -3.45. The van der Waals surface area contributed by atoms with Crippen molar-refractivity contribution in [2.45, 2.75) is 32.1 Å². The predicted octanol–water partition coefficient (Wildman–Crippen LogP) is 2.50. The first-order valence-electron chi connectivity index (χ1n) is 7.70. The number of rotatable bonds is 6. The van der Waals surface area contributed by atoms with Crippen molar-refractivity contribution in [3.8, 4) is 5.75 Å². The molecule has 0 aromatic heterocycles. The first kappa shape index (κ1) is 20.2. The molecule has 1 heterocycles. The summed E-state index contributed by atoms with van der Waals surface area (Å²) in [4.78, 5) is 0.311. The van der Waals surface area contributed by atoms with Crippen LogP contribution in [0.25, 0.3) is 0 Å². The van der Waals surface area contributed by atoms with Crippen molar-refractivity contribution in [2.24, 2.45) is 17.1 Å². The molecule has 1 aromatic carbocycles. The Labute approximate surface area is 145 Å². The van der Waals surface area contributed by atoms with Crippen LogP contribution in [0.15, 0.2) is 29.2 Å². The lowest BCUT2D eigenvalue weighted by molar-refractivity contribution is 0.271. The van der Waals surface area contributed by atoms with Gasteiger partial charge in [0.2, 0.25) is 10.0 Å². The molecule has 0 saturated carbocycles. The lowest BCUT2D eigenvalue weighted by atomic mass is 9.90. The molecule has 1 saturated heterocycles. The van der Waals surface area contributed by atoms with Crippen molar-refractivity contribution < 1.29 is 13.2 Å². The first-order valence-corrected chi connectivity index (χ1v) is 9.14. The molecule has 1 atom stereocenters. The summed E-state index contributed by atoms with van der Waals surface area (Å²) >= 11 is 0. The zero-order chi connectivity index (χ0) is 16.4. The molecule has 7 heteroatoms. The topological polar surface area (TPSA) is 72.6 Å². The Kier molecular flexibility index (Phi) is 6.89. The smallest absolute Gasteiger partial charge is 0.243 e. The Morgan fingerprint density at radius 1 is 1.30 bits per heavy atom. The molecule has 2 N–H and O–H groups in total. The molecule has 0 amide bonds. The zero-order valence-electron chi connectivity index (χ0n) is 14.0. The quantitative estimate of drug-likeness (QED) is 0.843. The van der Waals surface area contributed by atoms with Gasteiger partial charge in [-0.3, -0.25) is 0 Å². The van der Waals surface area contributed by atoms with E-state index in [1.54, 1.807) is 24.3 Å². The lowest BCUT2D eigenvalue weighted by Gasteiger charge is -2.22. The molecular formula is C16H27ClN2O3S. The van der Waals surface area contributed by atoms with Crippen LogP contribution in [0.5, 0.6) is 5.75 Å². The first-order chi connectivity index (χ1) is 10.3. The fraction of sp³-hybridized carbons (Fsp3) is 0.625. The highest BCUT2D eigenvalue weighted by Gasteiger charge is 2.38. The molecule has 0 bridgehead atoms. The monoisotopic (exact) mass is 362 g/mol. The average molecular weight is 363 g/mol. The van der Waals surface area contributed by atoms with Crippen molar-refractivity contribution in [3.05, 3.63) is 24.3 Å². The van der Waals surface area contributed by atoms with Crippen molar-refractivity contribution in [1.82, 2.24) is 4.31 Å². The summed E-state index contributed by atoms with van der Waals surface area (Å²) in [5.41, 5.74) is 5.63. The van der Waals surface area contributed by atoms with Crippen LogP contribution in [0.2, 0.25) is 0 Å². The third kappa shape index (κ3) is 4.83. The van der Waals surface area contributed by atoms with Crippen LogP contribution in [0, 0.1) is 11.3 Å². The van der Waals surface area contributed by atoms with Crippen molar-refractivity contribution in [1.29, 1.82) is 0 Å². The SMILES string of the molecule is CC(C)COc1ccc(S(=O)(=O)N2CCC(C)(CN)C2)cc1.Cl. The summed E-state index contributed by atoms with van der Waals surface area (Å²) in [5.74, 6) is 1.13. The molecule has 132 valence electrons. The van der Waals surface area contributed by atoms with Gasteiger partial charge in [-0.2, -0.15) is 4.31 Å². The van der Waals surface area contributed by atoms with E-state index >= 15 is 0 Å². The molecule has 1 aromatic rings. The highest BCUT2D eigenvalue weighted by Crippen LogP contribution is 2.32. The Bertz CT molecular complexity index is 604. The third-order valence-electron chi connectivity index (χ3n) is 4.06. The Morgan fingerprint density at radius 3 is 2.39 bits per heavy atom. The number of halogens is 1. The number of benzene rings is 1. The predicted molar refractivity (Wildman–Crippen MR) is 94.6 cm³/mol. The summed E-state index contributed by atoms with van der Waals surface area (Å²) in [6.45, 7) is 8.31. The molecule has 5 nitrogen and oxygen atoms in total. The second-order valence-corrected chi connectivity index (χ2v) is 8.72. The molecule has 1 fully saturated rings. The minimum Gasteiger partial charge on any atom is -0.493 e. The number of hydrogen-bond donors (Lipinski definition) is 1. The minimum absolute atomic E-state index is 0. The number of sulfonamides is 1. The van der Waals surface area contributed by atoms with Gasteiger partial charge in [0.25, 0.3) is 0 Å². The number of ether oxygens (including phenoxy) is 1. The summed E-state index contributed by atoms with van der Waals surface area (Å²) in [5, 5.41) is 0. The van der Waals surface area contributed by atoms with Gasteiger partial charge in [-0.15, -0.1) is 12.4 Å². The van der Waals surface area contributed by atoms with Gasteiger partial charge in [0.15, 0.2) is 0 Å². The van der Waals surface area contributed by atoms with Gasteiger partial charge in [-0.25, -0.2) is 8.42 Å². The maximum Gasteiger partial charge on any atom is 0.243 e. The van der Waals surface area contributed by atoms with E-state index in [1.165, 1.54) is 4.31 Å². The highest BCUT2D eigenvalue weighted by molar-refractivity contribution is 7.89. The van der Waals surface area contributed by atoms with E-state index in [0.717, 1.165) is 6.42 Å². The Morgan fingerprint density at radius 2 is 1.91 bits per heavy atom. The van der Waals surface area contributed by atoms with E-state index in [2.05, 4.69) is 13.8 Å². The van der Waals surface area contributed by atoms with Crippen LogP contribution >= 0.6 is 12.4 Å². The maximum absolute atomic E-state index is 12.7. The van der Waals surface area contributed by atoms with Gasteiger partial charge < -0.3 is 10.5 Å². The molecular weight excluding hydrogens is 336 g/mol. The zero-order valence-corrected chi connectivity index (χ0v) is 15.6. The number of nitrogens with zero attached hydrogens (tertiary/aromatic N) is 1. The van der Waals surface area contributed by atoms with Gasteiger partial charge >= 0.3 is 0 Å². The molecule has 1 unspecified atom stereocenters. The van der Waals surface area contributed by atoms with E-state index in [4.69, 9.17) is 10.5 Å². The normalized spacial score (nSPS) is 22.1. The van der Waals surface area contributed by atoms with Crippen LogP contribution in [0.1, 0.15) is 27.2 Å². The van der Waals surface area contributed by atoms with E-state index in [9.17, 15) is 8.42 Å². The van der Waals surface area contributed by atoms with Gasteiger partial charge in [-0.1, -0.05) is 20.8 Å². The van der Waals surface area contributed by atoms with E-state index in [-0.39, 0.29) is 17.8 Å². The lowest BCUT2D eigenvalue weighted by Crippen LogP contribution is -2.34. The third-order valence-corrected chi connectivity index (χ3v) is 5.92. The highest BCUT2D eigenvalue weighted by atomic mass is 35.5. The van der Waals surface area contributed by atoms with Crippen molar-refractivity contribution >= 4 is 22.4 Å². The second kappa shape index (κ2) is 7.83. The standard InChI is InChI=1S/C16H26N2O3S.ClH/c1-13(2)10-21-14-4-6-15(7-5-14)22(19,20)18-9-8-16(3,11-17)12-18;/h4-7,13H,8-12,17H2,1-3H3;1H. The molecule has 1 aliphatic heterocycles. The van der Waals surface area contributed by atoms with Crippen LogP contribution in [0.4, 0.5) is 0 Å². The molecule has 23 heavy (non-hydrogen) atoms. The average Bonchev–Trinajstić information content (AvgIpc) is 2.89. The Hall–Kier alpha value is -0.820. The molecule has 2 rings (SSSR count).